The van der Waals surface area contributed by atoms with Crippen molar-refractivity contribution in [1.29, 1.82) is 0 Å². The van der Waals surface area contributed by atoms with Crippen LogP contribution in [-0.2, 0) is 19.1 Å². The Morgan fingerprint density at radius 1 is 1.12 bits per heavy atom. The first-order chi connectivity index (χ1) is 7.51. The van der Waals surface area contributed by atoms with Gasteiger partial charge in [0.25, 0.3) is 0 Å². The Morgan fingerprint density at radius 2 is 1.50 bits per heavy atom. The first-order valence-corrected chi connectivity index (χ1v) is 4.78. The molecular weight excluding hydrogens is 218 g/mol. The molecule has 0 spiro atoms. The average molecular weight is 233 g/mol. The van der Waals surface area contributed by atoms with Crippen LogP contribution in [0.15, 0.2) is 0 Å². The average Bonchev–Trinajstić information content (AvgIpc) is 2.27. The Kier molecular flexibility index (Phi) is 6.82. The monoisotopic (exact) mass is 233 g/mol. The summed E-state index contributed by atoms with van der Waals surface area (Å²) in [5.41, 5.74) is 0. The molecule has 0 aromatic rings. The number of ether oxygens (including phenoxy) is 2. The fourth-order valence-electron chi connectivity index (χ4n) is 1.13. The lowest BCUT2D eigenvalue weighted by Crippen LogP contribution is -2.22. The minimum Gasteiger partial charge on any atom is -0.469 e. The van der Waals surface area contributed by atoms with Crippen LogP contribution < -0.4 is 0 Å². The molecule has 0 N–H and O–H groups in total. The molecule has 0 amide bonds. The van der Waals surface area contributed by atoms with E-state index in [9.17, 15) is 19.7 Å². The van der Waals surface area contributed by atoms with Gasteiger partial charge in [-0.1, -0.05) is 0 Å². The SMILES string of the molecule is COC(=O)CCC(CCC(=O)OC)[N+](=O)[O-]. The third-order valence-corrected chi connectivity index (χ3v) is 2.12. The number of hydrogen-bond acceptors (Lipinski definition) is 6. The van der Waals surface area contributed by atoms with Gasteiger partial charge in [0.1, 0.15) is 0 Å². The fraction of sp³-hybridized carbons (Fsp3) is 0.778. The third-order valence-electron chi connectivity index (χ3n) is 2.12. The van der Waals surface area contributed by atoms with Crippen molar-refractivity contribution >= 4 is 11.9 Å². The molecule has 92 valence electrons. The molecule has 16 heavy (non-hydrogen) atoms. The summed E-state index contributed by atoms with van der Waals surface area (Å²) in [6.07, 6.45) is 0.0833. The molecule has 0 heterocycles. The van der Waals surface area contributed by atoms with E-state index in [2.05, 4.69) is 9.47 Å². The largest absolute Gasteiger partial charge is 0.469 e. The van der Waals surface area contributed by atoms with Crippen molar-refractivity contribution in [3.05, 3.63) is 10.1 Å². The smallest absolute Gasteiger partial charge is 0.305 e. The van der Waals surface area contributed by atoms with E-state index in [1.807, 2.05) is 0 Å². The third kappa shape index (κ3) is 5.94. The van der Waals surface area contributed by atoms with Crippen molar-refractivity contribution in [1.82, 2.24) is 0 Å². The lowest BCUT2D eigenvalue weighted by molar-refractivity contribution is -0.524. The van der Waals surface area contributed by atoms with Crippen LogP contribution in [-0.4, -0.2) is 37.1 Å². The van der Waals surface area contributed by atoms with E-state index in [0.29, 0.717) is 0 Å². The number of esters is 2. The highest BCUT2D eigenvalue weighted by Crippen LogP contribution is 2.09. The van der Waals surface area contributed by atoms with Crippen molar-refractivity contribution in [3.63, 3.8) is 0 Å². The number of nitrogens with zero attached hydrogens (tertiary/aromatic N) is 1. The summed E-state index contributed by atoms with van der Waals surface area (Å²) in [4.78, 5) is 31.7. The van der Waals surface area contributed by atoms with Crippen LogP contribution in [0.25, 0.3) is 0 Å². The van der Waals surface area contributed by atoms with Crippen LogP contribution in [0.2, 0.25) is 0 Å². The van der Waals surface area contributed by atoms with Crippen molar-refractivity contribution in [2.24, 2.45) is 0 Å². The van der Waals surface area contributed by atoms with Gasteiger partial charge in [-0.25, -0.2) is 0 Å². The predicted molar refractivity (Wildman–Crippen MR) is 53.3 cm³/mol. The Hall–Kier alpha value is -1.66. The van der Waals surface area contributed by atoms with Crippen molar-refractivity contribution in [2.45, 2.75) is 31.7 Å². The first-order valence-electron chi connectivity index (χ1n) is 4.78. The highest BCUT2D eigenvalue weighted by molar-refractivity contribution is 5.69. The molecule has 0 aliphatic carbocycles. The van der Waals surface area contributed by atoms with Gasteiger partial charge in [-0.05, 0) is 0 Å². The summed E-state index contributed by atoms with van der Waals surface area (Å²) >= 11 is 0. The minimum atomic E-state index is -0.918. The second kappa shape index (κ2) is 7.61. The quantitative estimate of drug-likeness (QED) is 0.361. The number of carbonyl (C=O) groups is 2. The van der Waals surface area contributed by atoms with Crippen LogP contribution >= 0.6 is 0 Å². The summed E-state index contributed by atoms with van der Waals surface area (Å²) < 4.78 is 8.75. The molecule has 0 saturated heterocycles. The fourth-order valence-corrected chi connectivity index (χ4v) is 1.13. The van der Waals surface area contributed by atoms with Crippen LogP contribution in [0.3, 0.4) is 0 Å². The highest BCUT2D eigenvalue weighted by Gasteiger charge is 2.22. The van der Waals surface area contributed by atoms with E-state index in [-0.39, 0.29) is 25.7 Å². The summed E-state index contributed by atoms with van der Waals surface area (Å²) in [7, 11) is 2.44. The van der Waals surface area contributed by atoms with Gasteiger partial charge in [0.05, 0.1) is 27.1 Å². The summed E-state index contributed by atoms with van der Waals surface area (Å²) in [5.74, 6) is -0.991. The van der Waals surface area contributed by atoms with E-state index in [0.717, 1.165) is 0 Å². The molecule has 0 aromatic heterocycles. The van der Waals surface area contributed by atoms with Gasteiger partial charge in [0.15, 0.2) is 0 Å². The Labute approximate surface area is 92.9 Å². The highest BCUT2D eigenvalue weighted by atomic mass is 16.6. The zero-order valence-corrected chi connectivity index (χ0v) is 9.30. The van der Waals surface area contributed by atoms with Gasteiger partial charge in [0.2, 0.25) is 6.04 Å². The first kappa shape index (κ1) is 14.3. The van der Waals surface area contributed by atoms with E-state index in [1.165, 1.54) is 14.2 Å². The van der Waals surface area contributed by atoms with Gasteiger partial charge in [-0.3, -0.25) is 19.7 Å². The molecule has 0 radical (unpaired) electrons. The molecule has 7 heteroatoms. The Bertz CT molecular complexity index is 245. The molecule has 0 aromatic carbocycles. The molecular formula is C9H15NO6. The molecule has 0 fully saturated rings. The van der Waals surface area contributed by atoms with Crippen molar-refractivity contribution in [2.75, 3.05) is 14.2 Å². The zero-order valence-electron chi connectivity index (χ0n) is 9.30. The summed E-state index contributed by atoms with van der Waals surface area (Å²) in [6.45, 7) is 0. The van der Waals surface area contributed by atoms with Gasteiger partial charge < -0.3 is 9.47 Å². The topological polar surface area (TPSA) is 95.7 Å². The normalized spacial score (nSPS) is 9.94. The molecule has 0 bridgehead atoms. The van der Waals surface area contributed by atoms with Crippen LogP contribution in [0.4, 0.5) is 0 Å². The molecule has 0 atom stereocenters. The Balaban J connectivity index is 4.03. The predicted octanol–water partition coefficient (Wildman–Crippen LogP) is 0.538. The maximum Gasteiger partial charge on any atom is 0.305 e. The number of carbonyl (C=O) groups excluding carboxylic acids is 2. The molecule has 0 aliphatic rings. The molecule has 7 nitrogen and oxygen atoms in total. The number of nitro groups is 1. The van der Waals surface area contributed by atoms with E-state index in [4.69, 9.17) is 0 Å². The minimum absolute atomic E-state index is 0.0245. The second-order valence-electron chi connectivity index (χ2n) is 3.17. The van der Waals surface area contributed by atoms with Crippen molar-refractivity contribution < 1.29 is 24.0 Å². The zero-order chi connectivity index (χ0) is 12.6. The van der Waals surface area contributed by atoms with Gasteiger partial charge in [0, 0.05) is 17.8 Å². The maximum atomic E-state index is 10.8. The van der Waals surface area contributed by atoms with Gasteiger partial charge in [-0.2, -0.15) is 0 Å². The van der Waals surface area contributed by atoms with E-state index in [1.54, 1.807) is 0 Å². The molecule has 0 unspecified atom stereocenters. The van der Waals surface area contributed by atoms with Gasteiger partial charge >= 0.3 is 11.9 Å². The standard InChI is InChI=1S/C9H15NO6/c1-15-8(11)5-3-7(10(13)14)4-6-9(12)16-2/h7H,3-6H2,1-2H3. The van der Waals surface area contributed by atoms with E-state index < -0.39 is 22.9 Å². The van der Waals surface area contributed by atoms with Crippen molar-refractivity contribution in [3.8, 4) is 0 Å². The number of methoxy groups -OCH3 is 2. The van der Waals surface area contributed by atoms with Crippen LogP contribution in [0.1, 0.15) is 25.7 Å². The second-order valence-corrected chi connectivity index (χ2v) is 3.17. The summed E-state index contributed by atoms with van der Waals surface area (Å²) in [5, 5.41) is 10.6. The number of hydrogen-bond donors (Lipinski definition) is 0. The van der Waals surface area contributed by atoms with Crippen LogP contribution in [0, 0.1) is 10.1 Å². The lowest BCUT2D eigenvalue weighted by atomic mass is 10.1. The molecule has 0 aliphatic heterocycles. The Morgan fingerprint density at radius 3 is 1.75 bits per heavy atom. The molecule has 0 rings (SSSR count). The summed E-state index contributed by atoms with van der Waals surface area (Å²) in [6, 6.07) is -0.918. The lowest BCUT2D eigenvalue weighted by Gasteiger charge is -2.07. The number of rotatable bonds is 7. The van der Waals surface area contributed by atoms with Crippen LogP contribution in [0.5, 0.6) is 0 Å². The maximum absolute atomic E-state index is 10.8. The molecule has 0 saturated carbocycles. The van der Waals surface area contributed by atoms with Gasteiger partial charge in [-0.15, -0.1) is 0 Å². The van der Waals surface area contributed by atoms with E-state index >= 15 is 0 Å².